The molecule has 6 heteroatoms. The lowest BCUT2D eigenvalue weighted by molar-refractivity contribution is 0.122. The third kappa shape index (κ3) is 1.61. The van der Waals surface area contributed by atoms with Crippen molar-refractivity contribution in [1.82, 2.24) is 15.0 Å². The quantitative estimate of drug-likeness (QED) is 0.777. The largest absolute Gasteiger partial charge is 0.378 e. The van der Waals surface area contributed by atoms with Crippen molar-refractivity contribution in [3.63, 3.8) is 0 Å². The molecule has 0 unspecified atom stereocenters. The van der Waals surface area contributed by atoms with E-state index in [9.17, 15) is 0 Å². The van der Waals surface area contributed by atoms with E-state index in [0.29, 0.717) is 24.4 Å². The molecule has 0 spiro atoms. The fourth-order valence-corrected chi connectivity index (χ4v) is 2.05. The van der Waals surface area contributed by atoms with Gasteiger partial charge in [-0.1, -0.05) is 0 Å². The van der Waals surface area contributed by atoms with E-state index in [1.54, 1.807) is 6.20 Å². The van der Waals surface area contributed by atoms with Crippen LogP contribution in [-0.2, 0) is 4.74 Å². The summed E-state index contributed by atoms with van der Waals surface area (Å²) in [4.78, 5) is 13.5. The molecule has 86 valence electrons. The minimum absolute atomic E-state index is 0.585. The number of anilines is 1. The van der Waals surface area contributed by atoms with Gasteiger partial charge in [0, 0.05) is 19.3 Å². The summed E-state index contributed by atoms with van der Waals surface area (Å²) < 4.78 is 5.31. The van der Waals surface area contributed by atoms with Crippen LogP contribution in [0.15, 0.2) is 12.5 Å². The van der Waals surface area contributed by atoms with Gasteiger partial charge in [0.05, 0.1) is 24.2 Å². The van der Waals surface area contributed by atoms with Crippen molar-refractivity contribution in [1.29, 1.82) is 5.26 Å². The van der Waals surface area contributed by atoms with Crippen molar-refractivity contribution in [3.05, 3.63) is 18.1 Å². The molecule has 3 rings (SSSR count). The van der Waals surface area contributed by atoms with Crippen LogP contribution in [0, 0.1) is 11.3 Å². The normalized spacial score (nSPS) is 16.1. The highest BCUT2D eigenvalue weighted by molar-refractivity contribution is 5.92. The summed E-state index contributed by atoms with van der Waals surface area (Å²) in [6, 6.07) is 2.16. The third-order valence-electron chi connectivity index (χ3n) is 2.88. The Morgan fingerprint density at radius 2 is 2.18 bits per heavy atom. The van der Waals surface area contributed by atoms with Crippen LogP contribution in [-0.4, -0.2) is 41.3 Å². The van der Waals surface area contributed by atoms with E-state index in [4.69, 9.17) is 10.00 Å². The van der Waals surface area contributed by atoms with Crippen LogP contribution in [0.1, 0.15) is 5.56 Å². The van der Waals surface area contributed by atoms with E-state index >= 15 is 0 Å². The highest BCUT2D eigenvalue weighted by Gasteiger charge is 2.18. The van der Waals surface area contributed by atoms with Crippen LogP contribution in [0.4, 0.5) is 5.82 Å². The maximum absolute atomic E-state index is 9.08. The zero-order valence-electron chi connectivity index (χ0n) is 9.18. The molecule has 17 heavy (non-hydrogen) atoms. The van der Waals surface area contributed by atoms with Gasteiger partial charge in [0.15, 0.2) is 0 Å². The number of morpholine rings is 1. The molecule has 0 atom stereocenters. The predicted molar refractivity (Wildman–Crippen MR) is 61.6 cm³/mol. The van der Waals surface area contributed by atoms with Gasteiger partial charge >= 0.3 is 0 Å². The molecule has 0 bridgehead atoms. The van der Waals surface area contributed by atoms with Crippen molar-refractivity contribution in [3.8, 4) is 6.07 Å². The number of aromatic amines is 1. The first kappa shape index (κ1) is 10.1. The second-order valence-electron chi connectivity index (χ2n) is 3.83. The SMILES string of the molecule is N#Cc1c[nH]c2ncnc(N3CCOCC3)c12. The topological polar surface area (TPSA) is 77.8 Å². The maximum Gasteiger partial charge on any atom is 0.144 e. The first-order valence-corrected chi connectivity index (χ1v) is 5.45. The highest BCUT2D eigenvalue weighted by atomic mass is 16.5. The fraction of sp³-hybridized carbons (Fsp3) is 0.364. The van der Waals surface area contributed by atoms with E-state index in [2.05, 4.69) is 25.9 Å². The number of rotatable bonds is 1. The van der Waals surface area contributed by atoms with Crippen molar-refractivity contribution in [2.45, 2.75) is 0 Å². The Morgan fingerprint density at radius 1 is 1.35 bits per heavy atom. The molecular weight excluding hydrogens is 218 g/mol. The predicted octanol–water partition coefficient (Wildman–Crippen LogP) is 0.666. The number of H-pyrrole nitrogens is 1. The maximum atomic E-state index is 9.08. The summed E-state index contributed by atoms with van der Waals surface area (Å²) in [5.41, 5.74) is 1.29. The van der Waals surface area contributed by atoms with Gasteiger partial charge in [-0.3, -0.25) is 0 Å². The van der Waals surface area contributed by atoms with E-state index < -0.39 is 0 Å². The lowest BCUT2D eigenvalue weighted by atomic mass is 10.2. The van der Waals surface area contributed by atoms with E-state index in [0.717, 1.165) is 24.3 Å². The zero-order valence-corrected chi connectivity index (χ0v) is 9.18. The zero-order chi connectivity index (χ0) is 11.7. The summed E-state index contributed by atoms with van der Waals surface area (Å²) in [6.07, 6.45) is 3.19. The Labute approximate surface area is 97.8 Å². The van der Waals surface area contributed by atoms with Crippen molar-refractivity contribution in [2.75, 3.05) is 31.2 Å². The highest BCUT2D eigenvalue weighted by Crippen LogP contribution is 2.26. The Kier molecular flexibility index (Phi) is 2.38. The van der Waals surface area contributed by atoms with Crippen LogP contribution in [0.25, 0.3) is 11.0 Å². The number of aromatic nitrogens is 3. The fourth-order valence-electron chi connectivity index (χ4n) is 2.05. The smallest absolute Gasteiger partial charge is 0.144 e. The lowest BCUT2D eigenvalue weighted by Crippen LogP contribution is -2.36. The first-order valence-electron chi connectivity index (χ1n) is 5.45. The second-order valence-corrected chi connectivity index (χ2v) is 3.83. The van der Waals surface area contributed by atoms with Crippen molar-refractivity contribution < 1.29 is 4.74 Å². The van der Waals surface area contributed by atoms with Gasteiger partial charge in [0.1, 0.15) is 23.9 Å². The molecule has 2 aromatic heterocycles. The van der Waals surface area contributed by atoms with Crippen LogP contribution < -0.4 is 4.90 Å². The Balaban J connectivity index is 2.14. The Hall–Kier alpha value is -2.13. The molecule has 0 radical (unpaired) electrons. The number of nitrogens with zero attached hydrogens (tertiary/aromatic N) is 4. The van der Waals surface area contributed by atoms with Gasteiger partial charge in [-0.05, 0) is 0 Å². The molecule has 0 aliphatic carbocycles. The van der Waals surface area contributed by atoms with Gasteiger partial charge in [0.25, 0.3) is 0 Å². The summed E-state index contributed by atoms with van der Waals surface area (Å²) >= 11 is 0. The monoisotopic (exact) mass is 229 g/mol. The van der Waals surface area contributed by atoms with Crippen LogP contribution in [0.2, 0.25) is 0 Å². The van der Waals surface area contributed by atoms with Gasteiger partial charge in [-0.25, -0.2) is 9.97 Å². The van der Waals surface area contributed by atoms with Crippen molar-refractivity contribution >= 4 is 16.9 Å². The van der Waals surface area contributed by atoms with E-state index in [-0.39, 0.29) is 0 Å². The number of nitriles is 1. The Morgan fingerprint density at radius 3 is 2.94 bits per heavy atom. The number of hydrogen-bond donors (Lipinski definition) is 1. The van der Waals surface area contributed by atoms with Crippen LogP contribution >= 0.6 is 0 Å². The lowest BCUT2D eigenvalue weighted by Gasteiger charge is -2.28. The van der Waals surface area contributed by atoms with Gasteiger partial charge in [0.2, 0.25) is 0 Å². The van der Waals surface area contributed by atoms with Crippen molar-refractivity contribution in [2.24, 2.45) is 0 Å². The number of nitrogens with one attached hydrogen (secondary N) is 1. The standard InChI is InChI=1S/C11H11N5O/c12-5-8-6-13-10-9(8)11(15-7-14-10)16-1-3-17-4-2-16/h6-7H,1-4H2,(H,13,14,15). The minimum Gasteiger partial charge on any atom is -0.378 e. The summed E-state index contributed by atoms with van der Waals surface area (Å²) in [6.45, 7) is 2.97. The molecule has 1 fully saturated rings. The molecule has 1 N–H and O–H groups in total. The molecular formula is C11H11N5O. The number of fused-ring (bicyclic) bond motifs is 1. The molecule has 1 aliphatic rings. The van der Waals surface area contributed by atoms with E-state index in [1.165, 1.54) is 6.33 Å². The summed E-state index contributed by atoms with van der Waals surface area (Å²) in [5, 5.41) is 9.88. The molecule has 3 heterocycles. The van der Waals surface area contributed by atoms with E-state index in [1.807, 2.05) is 0 Å². The molecule has 0 aromatic carbocycles. The second kappa shape index (κ2) is 4.03. The van der Waals surface area contributed by atoms with Gasteiger partial charge in [-0.2, -0.15) is 5.26 Å². The average Bonchev–Trinajstić information content (AvgIpc) is 2.82. The van der Waals surface area contributed by atoms with Crippen LogP contribution in [0.3, 0.4) is 0 Å². The molecule has 1 saturated heterocycles. The molecule has 2 aromatic rings. The first-order chi connectivity index (χ1) is 8.40. The molecule has 0 amide bonds. The summed E-state index contributed by atoms with van der Waals surface area (Å²) in [7, 11) is 0. The van der Waals surface area contributed by atoms with Crippen LogP contribution in [0.5, 0.6) is 0 Å². The molecule has 0 saturated carbocycles. The third-order valence-corrected chi connectivity index (χ3v) is 2.88. The molecule has 1 aliphatic heterocycles. The number of ether oxygens (including phenoxy) is 1. The van der Waals surface area contributed by atoms with Gasteiger partial charge < -0.3 is 14.6 Å². The minimum atomic E-state index is 0.585. The number of hydrogen-bond acceptors (Lipinski definition) is 5. The molecule has 6 nitrogen and oxygen atoms in total. The van der Waals surface area contributed by atoms with Gasteiger partial charge in [-0.15, -0.1) is 0 Å². The average molecular weight is 229 g/mol. The Bertz CT molecular complexity index is 579. The summed E-state index contributed by atoms with van der Waals surface area (Å²) in [5.74, 6) is 0.816.